The van der Waals surface area contributed by atoms with E-state index < -0.39 is 0 Å². The number of rotatable bonds is 3. The number of benzene rings is 2. The van der Waals surface area contributed by atoms with Crippen LogP contribution >= 0.6 is 0 Å². The third kappa shape index (κ3) is 2.20. The Bertz CT molecular complexity index is 554. The SMILES string of the molecule is Cc1ccc(C2(c3ccc(C(C)C)cc3)CC2)cc1. The Morgan fingerprint density at radius 2 is 1.26 bits per heavy atom. The molecule has 0 spiro atoms. The average molecular weight is 250 g/mol. The van der Waals surface area contributed by atoms with Gasteiger partial charge in [-0.05, 0) is 42.4 Å². The molecule has 1 saturated carbocycles. The minimum Gasteiger partial charge on any atom is -0.0590 e. The minimum atomic E-state index is 0.309. The summed E-state index contributed by atoms with van der Waals surface area (Å²) < 4.78 is 0. The van der Waals surface area contributed by atoms with Crippen LogP contribution in [0.3, 0.4) is 0 Å². The van der Waals surface area contributed by atoms with Gasteiger partial charge in [-0.15, -0.1) is 0 Å². The Morgan fingerprint density at radius 3 is 1.68 bits per heavy atom. The Morgan fingerprint density at radius 1 is 0.789 bits per heavy atom. The van der Waals surface area contributed by atoms with Crippen LogP contribution in [0, 0.1) is 6.92 Å². The summed E-state index contributed by atoms with van der Waals surface area (Å²) in [6.45, 7) is 6.66. The van der Waals surface area contributed by atoms with Crippen molar-refractivity contribution in [3.8, 4) is 0 Å². The summed E-state index contributed by atoms with van der Waals surface area (Å²) in [4.78, 5) is 0. The molecule has 0 unspecified atom stereocenters. The normalized spacial score (nSPS) is 16.6. The van der Waals surface area contributed by atoms with Crippen LogP contribution in [0.25, 0.3) is 0 Å². The topological polar surface area (TPSA) is 0 Å². The first-order chi connectivity index (χ1) is 9.12. The summed E-state index contributed by atoms with van der Waals surface area (Å²) in [5.41, 5.74) is 6.05. The van der Waals surface area contributed by atoms with Crippen LogP contribution in [0.2, 0.25) is 0 Å². The molecule has 0 aromatic heterocycles. The van der Waals surface area contributed by atoms with Crippen molar-refractivity contribution in [3.05, 3.63) is 70.8 Å². The van der Waals surface area contributed by atoms with Crippen molar-refractivity contribution >= 4 is 0 Å². The van der Waals surface area contributed by atoms with Crippen molar-refractivity contribution in [1.82, 2.24) is 0 Å². The monoisotopic (exact) mass is 250 g/mol. The molecule has 0 nitrogen and oxygen atoms in total. The lowest BCUT2D eigenvalue weighted by molar-refractivity contribution is 0.832. The summed E-state index contributed by atoms with van der Waals surface area (Å²) in [5, 5.41) is 0. The molecule has 0 saturated heterocycles. The van der Waals surface area contributed by atoms with Gasteiger partial charge < -0.3 is 0 Å². The van der Waals surface area contributed by atoms with Crippen LogP contribution in [0.4, 0.5) is 0 Å². The highest BCUT2D eigenvalue weighted by Gasteiger charge is 2.45. The average Bonchev–Trinajstić information content (AvgIpc) is 3.21. The Balaban J connectivity index is 1.94. The zero-order valence-corrected chi connectivity index (χ0v) is 12.1. The standard InChI is InChI=1S/C19H22/c1-14(2)16-6-10-18(11-7-16)19(12-13-19)17-8-4-15(3)5-9-17/h4-11,14H,12-13H2,1-3H3. The van der Waals surface area contributed by atoms with E-state index in [9.17, 15) is 0 Å². The van der Waals surface area contributed by atoms with Gasteiger partial charge in [-0.25, -0.2) is 0 Å². The molecule has 0 aliphatic heterocycles. The first-order valence-electron chi connectivity index (χ1n) is 7.29. The molecule has 1 aliphatic carbocycles. The highest BCUT2D eigenvalue weighted by Crippen LogP contribution is 2.53. The second kappa shape index (κ2) is 4.52. The predicted octanol–water partition coefficient (Wildman–Crippen LogP) is 5.20. The second-order valence-corrected chi connectivity index (χ2v) is 6.22. The van der Waals surface area contributed by atoms with Crippen molar-refractivity contribution in [3.63, 3.8) is 0 Å². The molecule has 2 aromatic rings. The maximum absolute atomic E-state index is 2.34. The fraction of sp³-hybridized carbons (Fsp3) is 0.368. The molecule has 0 bridgehead atoms. The van der Waals surface area contributed by atoms with E-state index in [1.807, 2.05) is 0 Å². The fourth-order valence-electron chi connectivity index (χ4n) is 2.93. The third-order valence-electron chi connectivity index (χ3n) is 4.48. The quantitative estimate of drug-likeness (QED) is 0.702. The number of hydrogen-bond donors (Lipinski definition) is 0. The van der Waals surface area contributed by atoms with Crippen LogP contribution in [0.1, 0.15) is 54.9 Å². The summed E-state index contributed by atoms with van der Waals surface area (Å²) in [5.74, 6) is 0.614. The van der Waals surface area contributed by atoms with Crippen LogP contribution in [-0.4, -0.2) is 0 Å². The molecule has 2 aromatic carbocycles. The maximum Gasteiger partial charge on any atom is 0.0203 e. The Labute approximate surface area is 116 Å². The first-order valence-corrected chi connectivity index (χ1v) is 7.29. The van der Waals surface area contributed by atoms with Gasteiger partial charge in [-0.3, -0.25) is 0 Å². The predicted molar refractivity (Wildman–Crippen MR) is 81.7 cm³/mol. The molecule has 0 radical (unpaired) electrons. The van der Waals surface area contributed by atoms with Gasteiger partial charge in [0.1, 0.15) is 0 Å². The van der Waals surface area contributed by atoms with Gasteiger partial charge in [0.2, 0.25) is 0 Å². The van der Waals surface area contributed by atoms with Gasteiger partial charge in [-0.1, -0.05) is 67.9 Å². The largest absolute Gasteiger partial charge is 0.0590 e. The molecule has 1 aliphatic rings. The smallest absolute Gasteiger partial charge is 0.0203 e. The van der Waals surface area contributed by atoms with Crippen LogP contribution in [0.15, 0.2) is 48.5 Å². The summed E-state index contributed by atoms with van der Waals surface area (Å²) in [6.07, 6.45) is 2.58. The highest BCUT2D eigenvalue weighted by molar-refractivity contribution is 5.46. The number of hydrogen-bond acceptors (Lipinski definition) is 0. The molecule has 0 heterocycles. The third-order valence-corrected chi connectivity index (χ3v) is 4.48. The molecular formula is C19H22. The van der Waals surface area contributed by atoms with Crippen molar-refractivity contribution < 1.29 is 0 Å². The highest BCUT2D eigenvalue weighted by atomic mass is 14.5. The van der Waals surface area contributed by atoms with E-state index in [-0.39, 0.29) is 0 Å². The summed E-state index contributed by atoms with van der Waals surface area (Å²) in [6, 6.07) is 18.3. The van der Waals surface area contributed by atoms with E-state index in [2.05, 4.69) is 69.3 Å². The lowest BCUT2D eigenvalue weighted by Crippen LogP contribution is -2.08. The minimum absolute atomic E-state index is 0.309. The molecule has 0 heteroatoms. The van der Waals surface area contributed by atoms with Crippen molar-refractivity contribution in [2.75, 3.05) is 0 Å². The second-order valence-electron chi connectivity index (χ2n) is 6.22. The molecule has 3 rings (SSSR count). The van der Waals surface area contributed by atoms with E-state index in [4.69, 9.17) is 0 Å². The molecule has 0 N–H and O–H groups in total. The molecule has 1 fully saturated rings. The van der Waals surface area contributed by atoms with Gasteiger partial charge in [0.05, 0.1) is 0 Å². The van der Waals surface area contributed by atoms with Crippen LogP contribution in [-0.2, 0) is 5.41 Å². The lowest BCUT2D eigenvalue weighted by Gasteiger charge is -2.17. The van der Waals surface area contributed by atoms with Crippen molar-refractivity contribution in [1.29, 1.82) is 0 Å². The van der Waals surface area contributed by atoms with Gasteiger partial charge in [0.25, 0.3) is 0 Å². The van der Waals surface area contributed by atoms with Gasteiger partial charge in [0, 0.05) is 5.41 Å². The van der Waals surface area contributed by atoms with E-state index in [1.54, 1.807) is 0 Å². The van der Waals surface area contributed by atoms with Gasteiger partial charge >= 0.3 is 0 Å². The van der Waals surface area contributed by atoms with Gasteiger partial charge in [0.15, 0.2) is 0 Å². The van der Waals surface area contributed by atoms with Crippen LogP contribution in [0.5, 0.6) is 0 Å². The lowest BCUT2D eigenvalue weighted by atomic mass is 9.86. The van der Waals surface area contributed by atoms with Crippen molar-refractivity contribution in [2.24, 2.45) is 0 Å². The number of aryl methyl sites for hydroxylation is 1. The molecule has 19 heavy (non-hydrogen) atoms. The van der Waals surface area contributed by atoms with E-state index >= 15 is 0 Å². The van der Waals surface area contributed by atoms with E-state index in [0.29, 0.717) is 11.3 Å². The maximum atomic E-state index is 2.34. The first kappa shape index (κ1) is 12.5. The van der Waals surface area contributed by atoms with Crippen molar-refractivity contribution in [2.45, 2.75) is 44.9 Å². The van der Waals surface area contributed by atoms with Gasteiger partial charge in [-0.2, -0.15) is 0 Å². The Hall–Kier alpha value is -1.56. The molecule has 0 atom stereocenters. The summed E-state index contributed by atoms with van der Waals surface area (Å²) >= 11 is 0. The molecule has 0 amide bonds. The molecule has 98 valence electrons. The molecular weight excluding hydrogens is 228 g/mol. The Kier molecular flexibility index (Phi) is 2.97. The zero-order chi connectivity index (χ0) is 13.5. The van der Waals surface area contributed by atoms with E-state index in [0.717, 1.165) is 0 Å². The fourth-order valence-corrected chi connectivity index (χ4v) is 2.93. The zero-order valence-electron chi connectivity index (χ0n) is 12.1. The summed E-state index contributed by atoms with van der Waals surface area (Å²) in [7, 11) is 0. The van der Waals surface area contributed by atoms with E-state index in [1.165, 1.54) is 35.1 Å². The van der Waals surface area contributed by atoms with Crippen LogP contribution < -0.4 is 0 Å².